The van der Waals surface area contributed by atoms with Crippen LogP contribution in [0.3, 0.4) is 0 Å². The molecule has 88 valence electrons. The fraction of sp³-hybridized carbons (Fsp3) is 0.800. The quantitative estimate of drug-likeness (QED) is 0.570. The van der Waals surface area contributed by atoms with Gasteiger partial charge in [-0.05, 0) is 7.05 Å². The van der Waals surface area contributed by atoms with Crippen molar-refractivity contribution in [2.75, 3.05) is 26.7 Å². The summed E-state index contributed by atoms with van der Waals surface area (Å²) in [6.07, 6.45) is 0. The second kappa shape index (κ2) is 6.40. The maximum Gasteiger partial charge on any atom is 0.315 e. The Bertz CT molecular complexity index is 221. The first kappa shape index (κ1) is 13.9. The van der Waals surface area contributed by atoms with E-state index < -0.39 is 5.41 Å². The zero-order valence-corrected chi connectivity index (χ0v) is 9.94. The summed E-state index contributed by atoms with van der Waals surface area (Å²) in [5.41, 5.74) is -0.405. The lowest BCUT2D eigenvalue weighted by atomic mass is 9.91. The topological polar surface area (TPSA) is 70.2 Å². The molecule has 0 aliphatic rings. The molecule has 5 nitrogen and oxygen atoms in total. The number of hydrogen-bond donors (Lipinski definition) is 3. The number of Topliss-reactive ketones (excluding diaryl/α,β-unsaturated/α-hetero) is 1. The Morgan fingerprint density at radius 3 is 2.13 bits per heavy atom. The van der Waals surface area contributed by atoms with Gasteiger partial charge in [0, 0.05) is 18.5 Å². The second-order valence-corrected chi connectivity index (χ2v) is 4.39. The molecule has 0 aromatic rings. The molecule has 0 saturated heterocycles. The second-order valence-electron chi connectivity index (χ2n) is 4.39. The highest BCUT2D eigenvalue weighted by molar-refractivity contribution is 5.88. The third kappa shape index (κ3) is 6.90. The minimum atomic E-state index is -0.405. The summed E-state index contributed by atoms with van der Waals surface area (Å²) in [5, 5.41) is 8.05. The molecule has 0 unspecified atom stereocenters. The molecule has 0 radical (unpaired) electrons. The monoisotopic (exact) mass is 215 g/mol. The zero-order chi connectivity index (χ0) is 11.9. The van der Waals surface area contributed by atoms with E-state index in [9.17, 15) is 9.59 Å². The van der Waals surface area contributed by atoms with Crippen LogP contribution in [0.5, 0.6) is 0 Å². The molecule has 0 heterocycles. The molecule has 0 aliphatic carbocycles. The zero-order valence-electron chi connectivity index (χ0n) is 9.94. The molecule has 0 rings (SSSR count). The van der Waals surface area contributed by atoms with Crippen LogP contribution in [0.4, 0.5) is 4.79 Å². The van der Waals surface area contributed by atoms with Crippen molar-refractivity contribution in [1.29, 1.82) is 0 Å². The Kier molecular flexibility index (Phi) is 5.93. The van der Waals surface area contributed by atoms with Gasteiger partial charge >= 0.3 is 6.03 Å². The normalized spacial score (nSPS) is 10.9. The first-order valence-electron chi connectivity index (χ1n) is 5.07. The summed E-state index contributed by atoms with van der Waals surface area (Å²) in [6.45, 7) is 6.82. The molecule has 0 aromatic carbocycles. The van der Waals surface area contributed by atoms with E-state index in [-0.39, 0.29) is 18.4 Å². The molecule has 0 aromatic heterocycles. The third-order valence-corrected chi connectivity index (χ3v) is 1.91. The fourth-order valence-electron chi connectivity index (χ4n) is 0.789. The Morgan fingerprint density at radius 1 is 1.07 bits per heavy atom. The molecule has 2 amide bonds. The van der Waals surface area contributed by atoms with Crippen LogP contribution in [0.2, 0.25) is 0 Å². The van der Waals surface area contributed by atoms with Gasteiger partial charge in [0.2, 0.25) is 0 Å². The van der Waals surface area contributed by atoms with Crippen molar-refractivity contribution in [2.24, 2.45) is 5.41 Å². The van der Waals surface area contributed by atoms with Gasteiger partial charge in [-0.25, -0.2) is 4.79 Å². The van der Waals surface area contributed by atoms with Gasteiger partial charge in [-0.2, -0.15) is 0 Å². The number of carbonyl (C=O) groups is 2. The molecule has 0 atom stereocenters. The highest BCUT2D eigenvalue weighted by atomic mass is 16.2. The van der Waals surface area contributed by atoms with Gasteiger partial charge < -0.3 is 16.0 Å². The van der Waals surface area contributed by atoms with E-state index in [0.29, 0.717) is 13.1 Å². The fourth-order valence-corrected chi connectivity index (χ4v) is 0.789. The van der Waals surface area contributed by atoms with Crippen molar-refractivity contribution in [3.63, 3.8) is 0 Å². The van der Waals surface area contributed by atoms with Crippen LogP contribution in [0.1, 0.15) is 20.8 Å². The van der Waals surface area contributed by atoms with Crippen LogP contribution in [-0.4, -0.2) is 38.5 Å². The van der Waals surface area contributed by atoms with Crippen molar-refractivity contribution in [3.05, 3.63) is 0 Å². The summed E-state index contributed by atoms with van der Waals surface area (Å²) < 4.78 is 0. The summed E-state index contributed by atoms with van der Waals surface area (Å²) in [7, 11) is 1.81. The highest BCUT2D eigenvalue weighted by Gasteiger charge is 2.20. The summed E-state index contributed by atoms with van der Waals surface area (Å²) in [6, 6.07) is -0.303. The summed E-state index contributed by atoms with van der Waals surface area (Å²) in [4.78, 5) is 22.6. The van der Waals surface area contributed by atoms with Crippen molar-refractivity contribution >= 4 is 11.8 Å². The molecule has 0 fully saturated rings. The smallest absolute Gasteiger partial charge is 0.315 e. The van der Waals surface area contributed by atoms with E-state index in [0.717, 1.165) is 0 Å². The molecule has 0 bridgehead atoms. The standard InChI is InChI=1S/C10H21N3O2/c1-10(2,3)8(14)7-13-9(15)12-6-5-11-4/h11H,5-7H2,1-4H3,(H2,12,13,15). The van der Waals surface area contributed by atoms with E-state index in [2.05, 4.69) is 16.0 Å². The number of rotatable bonds is 5. The lowest BCUT2D eigenvalue weighted by Gasteiger charge is -2.16. The molecule has 0 aliphatic heterocycles. The van der Waals surface area contributed by atoms with Gasteiger partial charge in [-0.15, -0.1) is 0 Å². The first-order chi connectivity index (χ1) is 6.88. The molecule has 3 N–H and O–H groups in total. The largest absolute Gasteiger partial charge is 0.337 e. The van der Waals surface area contributed by atoms with Crippen molar-refractivity contribution in [2.45, 2.75) is 20.8 Å². The van der Waals surface area contributed by atoms with E-state index in [4.69, 9.17) is 0 Å². The van der Waals surface area contributed by atoms with Gasteiger partial charge in [0.1, 0.15) is 0 Å². The van der Waals surface area contributed by atoms with E-state index in [1.807, 2.05) is 27.8 Å². The number of amides is 2. The maximum absolute atomic E-state index is 11.4. The van der Waals surface area contributed by atoms with Crippen molar-refractivity contribution < 1.29 is 9.59 Å². The molecule has 15 heavy (non-hydrogen) atoms. The van der Waals surface area contributed by atoms with Crippen molar-refractivity contribution in [1.82, 2.24) is 16.0 Å². The van der Waals surface area contributed by atoms with Crippen molar-refractivity contribution in [3.8, 4) is 0 Å². The molecule has 0 spiro atoms. The van der Waals surface area contributed by atoms with Gasteiger partial charge in [-0.1, -0.05) is 20.8 Å². The third-order valence-electron chi connectivity index (χ3n) is 1.91. The SMILES string of the molecule is CNCCNC(=O)NCC(=O)C(C)(C)C. The van der Waals surface area contributed by atoms with Crippen LogP contribution in [0.15, 0.2) is 0 Å². The lowest BCUT2D eigenvalue weighted by molar-refractivity contribution is -0.125. The minimum Gasteiger partial charge on any atom is -0.337 e. The minimum absolute atomic E-state index is 0.0197. The molecule has 5 heteroatoms. The summed E-state index contributed by atoms with van der Waals surface area (Å²) in [5.74, 6) is 0.0197. The average Bonchev–Trinajstić information content (AvgIpc) is 2.13. The van der Waals surface area contributed by atoms with E-state index in [1.165, 1.54) is 0 Å². The number of urea groups is 1. The van der Waals surface area contributed by atoms with Crippen LogP contribution in [0.25, 0.3) is 0 Å². The van der Waals surface area contributed by atoms with Crippen LogP contribution in [-0.2, 0) is 4.79 Å². The number of carbonyl (C=O) groups excluding carboxylic acids is 2. The van der Waals surface area contributed by atoms with Gasteiger partial charge in [0.15, 0.2) is 5.78 Å². The number of ketones is 1. The molecule has 0 saturated carbocycles. The van der Waals surface area contributed by atoms with Crippen LogP contribution >= 0.6 is 0 Å². The number of likely N-dealkylation sites (N-methyl/N-ethyl adjacent to an activating group) is 1. The highest BCUT2D eigenvalue weighted by Crippen LogP contribution is 2.13. The van der Waals surface area contributed by atoms with Gasteiger partial charge in [0.05, 0.1) is 6.54 Å². The lowest BCUT2D eigenvalue weighted by Crippen LogP contribution is -2.42. The first-order valence-corrected chi connectivity index (χ1v) is 5.07. The predicted molar refractivity (Wildman–Crippen MR) is 59.8 cm³/mol. The van der Waals surface area contributed by atoms with Gasteiger partial charge in [0.25, 0.3) is 0 Å². The maximum atomic E-state index is 11.4. The predicted octanol–water partition coefficient (Wildman–Crippen LogP) is 0.120. The average molecular weight is 215 g/mol. The number of nitrogens with one attached hydrogen (secondary N) is 3. The molecular weight excluding hydrogens is 194 g/mol. The van der Waals surface area contributed by atoms with E-state index in [1.54, 1.807) is 0 Å². The Balaban J connectivity index is 3.67. The summed E-state index contributed by atoms with van der Waals surface area (Å²) >= 11 is 0. The molecular formula is C10H21N3O2. The Labute approximate surface area is 91.0 Å². The van der Waals surface area contributed by atoms with Gasteiger partial charge in [-0.3, -0.25) is 4.79 Å². The Morgan fingerprint density at radius 2 is 1.67 bits per heavy atom. The van der Waals surface area contributed by atoms with Crippen LogP contribution in [0, 0.1) is 5.41 Å². The number of hydrogen-bond acceptors (Lipinski definition) is 3. The van der Waals surface area contributed by atoms with E-state index >= 15 is 0 Å². The van der Waals surface area contributed by atoms with Crippen LogP contribution < -0.4 is 16.0 Å². The Hall–Kier alpha value is -1.10.